The number of carbonyl (C=O) groups is 1. The number of amides is 1. The number of carbonyl (C=O) groups excluding carboxylic acids is 1. The normalized spacial score (nSPS) is 28.7. The maximum Gasteiger partial charge on any atom is 0.223 e. The molecule has 2 fully saturated rings. The third-order valence-electron chi connectivity index (χ3n) is 4.13. The van der Waals surface area contributed by atoms with Gasteiger partial charge in [-0.3, -0.25) is 9.69 Å². The van der Waals surface area contributed by atoms with E-state index in [1.54, 1.807) is 0 Å². The second-order valence-corrected chi connectivity index (χ2v) is 5.55. The van der Waals surface area contributed by atoms with Crippen LogP contribution in [0.25, 0.3) is 0 Å². The summed E-state index contributed by atoms with van der Waals surface area (Å²) in [5.41, 5.74) is 5.64. The van der Waals surface area contributed by atoms with Crippen LogP contribution in [-0.2, 0) is 4.79 Å². The largest absolute Gasteiger partial charge is 0.341 e. The molecule has 2 rings (SSSR count). The highest BCUT2D eigenvalue weighted by atomic mass is 16.2. The summed E-state index contributed by atoms with van der Waals surface area (Å²) in [6.07, 6.45) is 4.64. The van der Waals surface area contributed by atoms with E-state index in [1.165, 1.54) is 32.4 Å². The van der Waals surface area contributed by atoms with Gasteiger partial charge in [-0.2, -0.15) is 0 Å². The number of nitrogens with two attached hydrogens (primary N) is 1. The van der Waals surface area contributed by atoms with Crippen LogP contribution in [0.4, 0.5) is 0 Å². The maximum absolute atomic E-state index is 11.8. The van der Waals surface area contributed by atoms with Crippen LogP contribution in [0.3, 0.4) is 0 Å². The Labute approximate surface area is 104 Å². The Hall–Kier alpha value is -0.610. The topological polar surface area (TPSA) is 49.6 Å². The van der Waals surface area contributed by atoms with Gasteiger partial charge in [-0.15, -0.1) is 0 Å². The van der Waals surface area contributed by atoms with E-state index in [4.69, 9.17) is 5.73 Å². The van der Waals surface area contributed by atoms with Crippen molar-refractivity contribution >= 4 is 5.91 Å². The van der Waals surface area contributed by atoms with Crippen LogP contribution in [0.1, 0.15) is 32.6 Å². The van der Waals surface area contributed by atoms with Crippen LogP contribution in [0.2, 0.25) is 0 Å². The third kappa shape index (κ3) is 3.19. The van der Waals surface area contributed by atoms with Gasteiger partial charge in [-0.05, 0) is 45.3 Å². The molecular formula is C13H25N3O. The Morgan fingerprint density at radius 3 is 2.65 bits per heavy atom. The molecule has 1 amide bonds. The van der Waals surface area contributed by atoms with Crippen molar-refractivity contribution in [1.82, 2.24) is 9.80 Å². The second-order valence-electron chi connectivity index (χ2n) is 5.55. The SMILES string of the molecule is CC(CN1CC(CN)CC1=O)N1CCCCC1. The minimum atomic E-state index is 0.296. The Morgan fingerprint density at radius 2 is 2.06 bits per heavy atom. The Bertz CT molecular complexity index is 263. The Balaban J connectivity index is 1.81. The molecule has 2 aliphatic heterocycles. The van der Waals surface area contributed by atoms with E-state index in [2.05, 4.69) is 11.8 Å². The van der Waals surface area contributed by atoms with Gasteiger partial charge in [0.1, 0.15) is 0 Å². The molecule has 0 aromatic rings. The van der Waals surface area contributed by atoms with Gasteiger partial charge in [0.05, 0.1) is 0 Å². The highest BCUT2D eigenvalue weighted by molar-refractivity contribution is 5.78. The zero-order valence-electron chi connectivity index (χ0n) is 10.9. The molecule has 2 atom stereocenters. The molecule has 0 aliphatic carbocycles. The molecule has 0 bridgehead atoms. The second kappa shape index (κ2) is 5.83. The van der Waals surface area contributed by atoms with Crippen LogP contribution < -0.4 is 5.73 Å². The smallest absolute Gasteiger partial charge is 0.223 e. The summed E-state index contributed by atoms with van der Waals surface area (Å²) < 4.78 is 0. The van der Waals surface area contributed by atoms with E-state index in [0.717, 1.165) is 13.1 Å². The summed E-state index contributed by atoms with van der Waals surface area (Å²) in [7, 11) is 0. The predicted molar refractivity (Wildman–Crippen MR) is 68.6 cm³/mol. The molecular weight excluding hydrogens is 214 g/mol. The summed E-state index contributed by atoms with van der Waals surface area (Å²) in [6.45, 7) is 7.03. The lowest BCUT2D eigenvalue weighted by atomic mass is 10.1. The van der Waals surface area contributed by atoms with Gasteiger partial charge in [0.15, 0.2) is 0 Å². The fourth-order valence-electron chi connectivity index (χ4n) is 2.98. The van der Waals surface area contributed by atoms with Crippen molar-refractivity contribution in [2.24, 2.45) is 11.7 Å². The van der Waals surface area contributed by atoms with Gasteiger partial charge < -0.3 is 10.6 Å². The lowest BCUT2D eigenvalue weighted by Crippen LogP contribution is -2.45. The number of hydrogen-bond acceptors (Lipinski definition) is 3. The van der Waals surface area contributed by atoms with Crippen LogP contribution in [0.15, 0.2) is 0 Å². The summed E-state index contributed by atoms with van der Waals surface area (Å²) >= 11 is 0. The Kier molecular flexibility index (Phi) is 4.40. The summed E-state index contributed by atoms with van der Waals surface area (Å²) in [4.78, 5) is 16.3. The molecule has 0 aromatic heterocycles. The average molecular weight is 239 g/mol. The monoisotopic (exact) mass is 239 g/mol. The minimum absolute atomic E-state index is 0.296. The van der Waals surface area contributed by atoms with Crippen molar-refractivity contribution < 1.29 is 4.79 Å². The van der Waals surface area contributed by atoms with E-state index in [-0.39, 0.29) is 0 Å². The van der Waals surface area contributed by atoms with Crippen molar-refractivity contribution in [3.8, 4) is 0 Å². The maximum atomic E-state index is 11.8. The predicted octanol–water partition coefficient (Wildman–Crippen LogP) is 0.668. The van der Waals surface area contributed by atoms with Crippen molar-refractivity contribution in [2.45, 2.75) is 38.6 Å². The fraction of sp³-hybridized carbons (Fsp3) is 0.923. The number of nitrogens with zero attached hydrogens (tertiary/aromatic N) is 2. The van der Waals surface area contributed by atoms with Crippen LogP contribution in [0.5, 0.6) is 0 Å². The van der Waals surface area contributed by atoms with E-state index >= 15 is 0 Å². The van der Waals surface area contributed by atoms with Gasteiger partial charge >= 0.3 is 0 Å². The van der Waals surface area contributed by atoms with Gasteiger partial charge in [-0.1, -0.05) is 6.42 Å². The quantitative estimate of drug-likeness (QED) is 0.784. The summed E-state index contributed by atoms with van der Waals surface area (Å²) in [5.74, 6) is 0.681. The van der Waals surface area contributed by atoms with Gasteiger partial charge in [-0.25, -0.2) is 0 Å². The standard InChI is InChI=1S/C13H25N3O/c1-11(15-5-3-2-4-6-15)9-16-10-12(8-14)7-13(16)17/h11-12H,2-10,14H2,1H3. The van der Waals surface area contributed by atoms with Gasteiger partial charge in [0.2, 0.25) is 5.91 Å². The first kappa shape index (κ1) is 12.8. The molecule has 2 aliphatic rings. The van der Waals surface area contributed by atoms with Crippen LogP contribution >= 0.6 is 0 Å². The van der Waals surface area contributed by atoms with Crippen molar-refractivity contribution in [3.05, 3.63) is 0 Å². The average Bonchev–Trinajstić information content (AvgIpc) is 2.71. The van der Waals surface area contributed by atoms with E-state index in [0.29, 0.717) is 30.8 Å². The molecule has 2 unspecified atom stereocenters. The highest BCUT2D eigenvalue weighted by Gasteiger charge is 2.30. The zero-order chi connectivity index (χ0) is 12.3. The van der Waals surface area contributed by atoms with Crippen molar-refractivity contribution in [3.63, 3.8) is 0 Å². The van der Waals surface area contributed by atoms with Crippen LogP contribution in [0, 0.1) is 5.92 Å². The molecule has 98 valence electrons. The summed E-state index contributed by atoms with van der Waals surface area (Å²) in [6, 6.07) is 0.496. The third-order valence-corrected chi connectivity index (χ3v) is 4.13. The molecule has 0 spiro atoms. The molecule has 4 nitrogen and oxygen atoms in total. The number of piperidine rings is 1. The van der Waals surface area contributed by atoms with Crippen molar-refractivity contribution in [1.29, 1.82) is 0 Å². The first-order valence-corrected chi connectivity index (χ1v) is 6.92. The number of hydrogen-bond donors (Lipinski definition) is 1. The first-order chi connectivity index (χ1) is 8.20. The summed E-state index contributed by atoms with van der Waals surface area (Å²) in [5, 5.41) is 0. The zero-order valence-corrected chi connectivity index (χ0v) is 10.9. The van der Waals surface area contributed by atoms with Crippen LogP contribution in [-0.4, -0.2) is 54.5 Å². The van der Waals surface area contributed by atoms with Crippen molar-refractivity contribution in [2.75, 3.05) is 32.7 Å². The molecule has 0 aromatic carbocycles. The number of likely N-dealkylation sites (tertiary alicyclic amines) is 2. The van der Waals surface area contributed by atoms with Gasteiger partial charge in [0, 0.05) is 25.6 Å². The molecule has 2 heterocycles. The molecule has 4 heteroatoms. The van der Waals surface area contributed by atoms with E-state index in [9.17, 15) is 4.79 Å². The molecule has 0 radical (unpaired) electrons. The molecule has 0 saturated carbocycles. The van der Waals surface area contributed by atoms with Gasteiger partial charge in [0.25, 0.3) is 0 Å². The number of rotatable bonds is 4. The minimum Gasteiger partial charge on any atom is -0.341 e. The van der Waals surface area contributed by atoms with E-state index < -0.39 is 0 Å². The molecule has 2 N–H and O–H groups in total. The molecule has 2 saturated heterocycles. The van der Waals surface area contributed by atoms with E-state index in [1.807, 2.05) is 4.90 Å². The molecule has 17 heavy (non-hydrogen) atoms. The lowest BCUT2D eigenvalue weighted by molar-refractivity contribution is -0.128. The fourth-order valence-corrected chi connectivity index (χ4v) is 2.98. The highest BCUT2D eigenvalue weighted by Crippen LogP contribution is 2.19. The first-order valence-electron chi connectivity index (χ1n) is 6.92. The Morgan fingerprint density at radius 1 is 1.35 bits per heavy atom. The lowest BCUT2D eigenvalue weighted by Gasteiger charge is -2.34.